The van der Waals surface area contributed by atoms with Gasteiger partial charge in [0.25, 0.3) is 5.24 Å². The van der Waals surface area contributed by atoms with Crippen LogP contribution in [-0.2, 0) is 9.53 Å². The van der Waals surface area contributed by atoms with Gasteiger partial charge in [-0.3, -0.25) is 9.59 Å². The van der Waals surface area contributed by atoms with Crippen LogP contribution in [0.2, 0.25) is 0 Å². The Morgan fingerprint density at radius 2 is 2.50 bits per heavy atom. The lowest BCUT2D eigenvalue weighted by Gasteiger charge is -2.21. The van der Waals surface area contributed by atoms with Crippen molar-refractivity contribution in [2.75, 3.05) is 25.4 Å². The fraction of sp³-hybridized carbons (Fsp3) is 0.833. The molecule has 0 aromatic rings. The van der Waals surface area contributed by atoms with E-state index in [1.54, 1.807) is 4.90 Å². The molecule has 2 amide bonds. The quantitative estimate of drug-likeness (QED) is 0.818. The van der Waals surface area contributed by atoms with E-state index in [0.717, 1.165) is 31.7 Å². The number of carbonyl (C=O) groups is 2. The molecule has 0 saturated carbocycles. The highest BCUT2D eigenvalue weighted by atomic mass is 32.2. The van der Waals surface area contributed by atoms with Gasteiger partial charge in [0.15, 0.2) is 0 Å². The third kappa shape index (κ3) is 3.62. The first-order chi connectivity index (χ1) is 8.66. The third-order valence-corrected chi connectivity index (χ3v) is 4.26. The van der Waals surface area contributed by atoms with Crippen LogP contribution in [0.15, 0.2) is 0 Å². The number of amides is 2. The lowest BCUT2D eigenvalue weighted by atomic mass is 10.1. The molecule has 2 unspecified atom stereocenters. The first-order valence-electron chi connectivity index (χ1n) is 6.49. The fourth-order valence-electron chi connectivity index (χ4n) is 2.28. The standard InChI is InChI=1S/C12H20N2O3S/c1-9(10-3-2-7-17-10)13-11(15)4-5-14-6-8-18-12(14)16/h9-10H,2-8H2,1H3,(H,13,15). The van der Waals surface area contributed by atoms with Crippen LogP contribution in [0.3, 0.4) is 0 Å². The minimum Gasteiger partial charge on any atom is -0.376 e. The number of ether oxygens (including phenoxy) is 1. The number of nitrogens with zero attached hydrogens (tertiary/aromatic N) is 1. The minimum atomic E-state index is 0.00250. The molecular weight excluding hydrogens is 252 g/mol. The molecule has 0 spiro atoms. The van der Waals surface area contributed by atoms with Crippen LogP contribution in [0.4, 0.5) is 4.79 Å². The predicted molar refractivity (Wildman–Crippen MR) is 70.6 cm³/mol. The Morgan fingerprint density at radius 3 is 3.11 bits per heavy atom. The maximum absolute atomic E-state index is 11.8. The second-order valence-electron chi connectivity index (χ2n) is 4.76. The first-order valence-corrected chi connectivity index (χ1v) is 7.48. The molecule has 1 N–H and O–H groups in total. The van der Waals surface area contributed by atoms with Crippen LogP contribution in [0.25, 0.3) is 0 Å². The summed E-state index contributed by atoms with van der Waals surface area (Å²) in [6.07, 6.45) is 2.62. The van der Waals surface area contributed by atoms with E-state index in [2.05, 4.69) is 5.32 Å². The van der Waals surface area contributed by atoms with Gasteiger partial charge < -0.3 is 15.0 Å². The predicted octanol–water partition coefficient (Wildman–Crippen LogP) is 1.23. The molecule has 18 heavy (non-hydrogen) atoms. The number of thioether (sulfide) groups is 1. The van der Waals surface area contributed by atoms with Gasteiger partial charge in [0.2, 0.25) is 5.91 Å². The van der Waals surface area contributed by atoms with Gasteiger partial charge in [-0.1, -0.05) is 11.8 Å². The van der Waals surface area contributed by atoms with Crippen LogP contribution < -0.4 is 5.32 Å². The fourth-order valence-corrected chi connectivity index (χ4v) is 3.13. The van der Waals surface area contributed by atoms with Gasteiger partial charge in [-0.25, -0.2) is 0 Å². The van der Waals surface area contributed by atoms with Crippen LogP contribution in [0.5, 0.6) is 0 Å². The molecule has 2 fully saturated rings. The van der Waals surface area contributed by atoms with Gasteiger partial charge in [-0.15, -0.1) is 0 Å². The number of hydrogen-bond acceptors (Lipinski definition) is 4. The summed E-state index contributed by atoms with van der Waals surface area (Å²) in [5, 5.41) is 3.04. The number of rotatable bonds is 5. The van der Waals surface area contributed by atoms with Crippen molar-refractivity contribution in [2.45, 2.75) is 38.3 Å². The van der Waals surface area contributed by atoms with Gasteiger partial charge in [0.05, 0.1) is 12.1 Å². The van der Waals surface area contributed by atoms with Crippen LogP contribution in [0.1, 0.15) is 26.2 Å². The van der Waals surface area contributed by atoms with Gasteiger partial charge in [-0.2, -0.15) is 0 Å². The molecule has 2 rings (SSSR count). The molecule has 2 aliphatic rings. The molecule has 0 bridgehead atoms. The van der Waals surface area contributed by atoms with E-state index in [1.807, 2.05) is 6.92 Å². The molecule has 0 aliphatic carbocycles. The van der Waals surface area contributed by atoms with Crippen molar-refractivity contribution in [1.29, 1.82) is 0 Å². The van der Waals surface area contributed by atoms with Crippen molar-refractivity contribution >= 4 is 22.9 Å². The third-order valence-electron chi connectivity index (χ3n) is 3.36. The average molecular weight is 272 g/mol. The molecule has 102 valence electrons. The minimum absolute atomic E-state index is 0.00250. The summed E-state index contributed by atoms with van der Waals surface area (Å²) in [6, 6.07) is 0.0589. The second kappa shape index (κ2) is 6.43. The maximum atomic E-state index is 11.8. The lowest BCUT2D eigenvalue weighted by molar-refractivity contribution is -0.122. The van der Waals surface area contributed by atoms with Crippen molar-refractivity contribution in [3.8, 4) is 0 Å². The zero-order chi connectivity index (χ0) is 13.0. The molecular formula is C12H20N2O3S. The molecule has 2 saturated heterocycles. The Balaban J connectivity index is 1.66. The zero-order valence-electron chi connectivity index (χ0n) is 10.7. The van der Waals surface area contributed by atoms with Crippen molar-refractivity contribution in [2.24, 2.45) is 0 Å². The molecule has 5 nitrogen and oxygen atoms in total. The van der Waals surface area contributed by atoms with Crippen LogP contribution in [0, 0.1) is 0 Å². The number of carbonyl (C=O) groups excluding carboxylic acids is 2. The lowest BCUT2D eigenvalue weighted by Crippen LogP contribution is -2.42. The summed E-state index contributed by atoms with van der Waals surface area (Å²) in [6.45, 7) is 4.06. The summed E-state index contributed by atoms with van der Waals surface area (Å²) in [5.74, 6) is 0.843. The topological polar surface area (TPSA) is 58.6 Å². The molecule has 2 aliphatic heterocycles. The van der Waals surface area contributed by atoms with Crippen LogP contribution >= 0.6 is 11.8 Å². The Labute approximate surface area is 112 Å². The van der Waals surface area contributed by atoms with Crippen molar-refractivity contribution in [1.82, 2.24) is 10.2 Å². The zero-order valence-corrected chi connectivity index (χ0v) is 11.5. The van der Waals surface area contributed by atoms with E-state index in [9.17, 15) is 9.59 Å². The monoisotopic (exact) mass is 272 g/mol. The van der Waals surface area contributed by atoms with Crippen LogP contribution in [-0.4, -0.2) is 53.6 Å². The summed E-state index contributed by atoms with van der Waals surface area (Å²) < 4.78 is 5.53. The van der Waals surface area contributed by atoms with E-state index in [1.165, 1.54) is 11.8 Å². The molecule has 6 heteroatoms. The van der Waals surface area contributed by atoms with Gasteiger partial charge in [0, 0.05) is 31.9 Å². The molecule has 0 radical (unpaired) electrons. The largest absolute Gasteiger partial charge is 0.376 e. The normalized spacial score (nSPS) is 25.5. The molecule has 0 aromatic carbocycles. The Kier molecular flexibility index (Phi) is 4.88. The molecule has 2 heterocycles. The summed E-state index contributed by atoms with van der Waals surface area (Å²) in [4.78, 5) is 24.9. The Morgan fingerprint density at radius 1 is 1.67 bits per heavy atom. The van der Waals surface area contributed by atoms with E-state index in [4.69, 9.17) is 4.74 Å². The van der Waals surface area contributed by atoms with Gasteiger partial charge in [0.1, 0.15) is 0 Å². The SMILES string of the molecule is CC(NC(=O)CCN1CCSC1=O)C1CCCO1. The van der Waals surface area contributed by atoms with E-state index < -0.39 is 0 Å². The Bertz CT molecular complexity index is 318. The van der Waals surface area contributed by atoms with E-state index in [-0.39, 0.29) is 23.3 Å². The van der Waals surface area contributed by atoms with Gasteiger partial charge >= 0.3 is 0 Å². The second-order valence-corrected chi connectivity index (χ2v) is 5.81. The van der Waals surface area contributed by atoms with Crippen molar-refractivity contribution in [3.63, 3.8) is 0 Å². The smallest absolute Gasteiger partial charge is 0.281 e. The summed E-state index contributed by atoms with van der Waals surface area (Å²) >= 11 is 1.33. The van der Waals surface area contributed by atoms with Crippen molar-refractivity contribution < 1.29 is 14.3 Å². The number of hydrogen-bond donors (Lipinski definition) is 1. The molecule has 2 atom stereocenters. The highest BCUT2D eigenvalue weighted by molar-refractivity contribution is 8.13. The van der Waals surface area contributed by atoms with E-state index in [0.29, 0.717) is 13.0 Å². The highest BCUT2D eigenvalue weighted by Gasteiger charge is 2.25. The molecule has 0 aromatic heterocycles. The van der Waals surface area contributed by atoms with Crippen molar-refractivity contribution in [3.05, 3.63) is 0 Å². The van der Waals surface area contributed by atoms with E-state index >= 15 is 0 Å². The maximum Gasteiger partial charge on any atom is 0.281 e. The average Bonchev–Trinajstić information content (AvgIpc) is 2.97. The first kappa shape index (κ1) is 13.7. The number of nitrogens with one attached hydrogen (secondary N) is 1. The summed E-state index contributed by atoms with van der Waals surface area (Å²) in [5.41, 5.74) is 0. The summed E-state index contributed by atoms with van der Waals surface area (Å²) in [7, 11) is 0. The Hall–Kier alpha value is -0.750. The van der Waals surface area contributed by atoms with Gasteiger partial charge in [-0.05, 0) is 19.8 Å². The highest BCUT2D eigenvalue weighted by Crippen LogP contribution is 2.17.